The number of nitrogens with zero attached hydrogens (tertiary/aromatic N) is 2. The van der Waals surface area contributed by atoms with Crippen LogP contribution in [0, 0.1) is 13.8 Å². The van der Waals surface area contributed by atoms with Crippen LogP contribution in [-0.4, -0.2) is 28.9 Å². The third-order valence-electron chi connectivity index (χ3n) is 5.58. The Balaban J connectivity index is 1.78. The van der Waals surface area contributed by atoms with Crippen LogP contribution < -0.4 is 14.8 Å². The first-order valence-corrected chi connectivity index (χ1v) is 10.2. The van der Waals surface area contributed by atoms with Crippen LogP contribution in [0.5, 0.6) is 11.5 Å². The van der Waals surface area contributed by atoms with Gasteiger partial charge >= 0.3 is 0 Å². The fourth-order valence-corrected chi connectivity index (χ4v) is 3.92. The van der Waals surface area contributed by atoms with Gasteiger partial charge in [-0.2, -0.15) is 5.10 Å². The van der Waals surface area contributed by atoms with Gasteiger partial charge in [-0.15, -0.1) is 0 Å². The minimum atomic E-state index is -0.102. The molecule has 0 saturated carbocycles. The van der Waals surface area contributed by atoms with Crippen molar-refractivity contribution in [2.75, 3.05) is 12.4 Å². The molecule has 156 valence electrons. The maximum Gasteiger partial charge on any atom is 0.226 e. The lowest BCUT2D eigenvalue weighted by atomic mass is 9.87. The smallest absolute Gasteiger partial charge is 0.226 e. The van der Waals surface area contributed by atoms with E-state index in [4.69, 9.17) is 9.47 Å². The van der Waals surface area contributed by atoms with Crippen LogP contribution in [-0.2, 0) is 4.79 Å². The number of benzene rings is 2. The molecule has 1 aliphatic rings. The normalized spacial score (nSPS) is 15.7. The average Bonchev–Trinajstić information content (AvgIpc) is 3.13. The van der Waals surface area contributed by atoms with Gasteiger partial charge in [0, 0.05) is 17.9 Å². The Morgan fingerprint density at radius 2 is 1.97 bits per heavy atom. The van der Waals surface area contributed by atoms with E-state index in [-0.39, 0.29) is 17.9 Å². The predicted octanol–water partition coefficient (Wildman–Crippen LogP) is 4.76. The number of anilines is 1. The topological polar surface area (TPSA) is 65.4 Å². The van der Waals surface area contributed by atoms with E-state index < -0.39 is 0 Å². The zero-order chi connectivity index (χ0) is 21.4. The van der Waals surface area contributed by atoms with Gasteiger partial charge in [-0.3, -0.25) is 4.79 Å². The number of aromatic nitrogens is 2. The molecule has 6 heteroatoms. The number of carbonyl (C=O) groups excluding carboxylic acids is 1. The summed E-state index contributed by atoms with van der Waals surface area (Å²) in [4.78, 5) is 12.6. The van der Waals surface area contributed by atoms with Crippen LogP contribution in [0.15, 0.2) is 42.6 Å². The van der Waals surface area contributed by atoms with Gasteiger partial charge in [0.05, 0.1) is 25.1 Å². The van der Waals surface area contributed by atoms with Gasteiger partial charge < -0.3 is 14.8 Å². The van der Waals surface area contributed by atoms with Crippen molar-refractivity contribution in [1.82, 2.24) is 9.78 Å². The molecule has 0 spiro atoms. The van der Waals surface area contributed by atoms with E-state index in [1.165, 1.54) is 5.56 Å². The fourth-order valence-electron chi connectivity index (χ4n) is 3.92. The van der Waals surface area contributed by atoms with Crippen LogP contribution in [0.4, 0.5) is 5.82 Å². The van der Waals surface area contributed by atoms with Gasteiger partial charge in [-0.25, -0.2) is 4.68 Å². The van der Waals surface area contributed by atoms with Gasteiger partial charge in [0.2, 0.25) is 5.91 Å². The van der Waals surface area contributed by atoms with E-state index in [1.807, 2.05) is 55.1 Å². The number of hydrogen-bond donors (Lipinski definition) is 1. The standard InChI is InChI=1S/C24H27N3O3/c1-14(2)30-21-10-9-17(11-22(21)29-5)18-12-23(28)26-24-19(18)13-25-27(24)20-8-6-7-15(3)16(20)4/h6-11,13-14,18H,12H2,1-5H3,(H,26,28). The molecule has 1 N–H and O–H groups in total. The average molecular weight is 405 g/mol. The zero-order valence-electron chi connectivity index (χ0n) is 18.0. The highest BCUT2D eigenvalue weighted by Crippen LogP contribution is 2.41. The maximum atomic E-state index is 12.6. The number of aryl methyl sites for hydroxylation is 1. The number of methoxy groups -OCH3 is 1. The molecule has 1 aliphatic heterocycles. The summed E-state index contributed by atoms with van der Waals surface area (Å²) in [6.45, 7) is 8.10. The van der Waals surface area contributed by atoms with Gasteiger partial charge in [-0.05, 0) is 62.6 Å². The van der Waals surface area contributed by atoms with Crippen molar-refractivity contribution in [2.24, 2.45) is 0 Å². The second kappa shape index (κ2) is 7.86. The number of amides is 1. The van der Waals surface area contributed by atoms with Gasteiger partial charge in [0.1, 0.15) is 5.82 Å². The molecule has 3 aromatic rings. The first-order chi connectivity index (χ1) is 14.4. The second-order valence-electron chi connectivity index (χ2n) is 7.96. The minimum Gasteiger partial charge on any atom is -0.493 e. The predicted molar refractivity (Wildman–Crippen MR) is 117 cm³/mol. The van der Waals surface area contributed by atoms with Gasteiger partial charge in [0.15, 0.2) is 11.5 Å². The lowest BCUT2D eigenvalue weighted by Gasteiger charge is -2.25. The van der Waals surface area contributed by atoms with Crippen molar-refractivity contribution in [3.63, 3.8) is 0 Å². The lowest BCUT2D eigenvalue weighted by Crippen LogP contribution is -2.24. The first-order valence-electron chi connectivity index (χ1n) is 10.2. The number of nitrogens with one attached hydrogen (secondary N) is 1. The van der Waals surface area contributed by atoms with Crippen molar-refractivity contribution in [3.8, 4) is 17.2 Å². The van der Waals surface area contributed by atoms with Crippen LogP contribution in [0.1, 0.15) is 48.4 Å². The van der Waals surface area contributed by atoms with Gasteiger partial charge in [0.25, 0.3) is 0 Å². The minimum absolute atomic E-state index is 0.0268. The lowest BCUT2D eigenvalue weighted by molar-refractivity contribution is -0.116. The van der Waals surface area contributed by atoms with Crippen LogP contribution in [0.25, 0.3) is 5.69 Å². The summed E-state index contributed by atoms with van der Waals surface area (Å²) >= 11 is 0. The molecule has 0 fully saturated rings. The summed E-state index contributed by atoms with van der Waals surface area (Å²) in [6, 6.07) is 12.0. The SMILES string of the molecule is COc1cc(C2CC(=O)Nc3c2cnn3-c2cccc(C)c2C)ccc1OC(C)C. The molecule has 1 aromatic heterocycles. The molecule has 1 amide bonds. The molecule has 0 bridgehead atoms. The number of ether oxygens (including phenoxy) is 2. The molecule has 0 aliphatic carbocycles. The Morgan fingerprint density at radius 3 is 2.70 bits per heavy atom. The van der Waals surface area contributed by atoms with E-state index in [0.717, 1.165) is 28.2 Å². The Morgan fingerprint density at radius 1 is 1.17 bits per heavy atom. The number of hydrogen-bond acceptors (Lipinski definition) is 4. The number of rotatable bonds is 5. The molecule has 1 unspecified atom stereocenters. The molecule has 2 aromatic carbocycles. The summed E-state index contributed by atoms with van der Waals surface area (Å²) < 4.78 is 13.2. The summed E-state index contributed by atoms with van der Waals surface area (Å²) in [5.74, 6) is 1.96. The molecule has 2 heterocycles. The van der Waals surface area contributed by atoms with E-state index in [0.29, 0.717) is 17.9 Å². The van der Waals surface area contributed by atoms with Crippen LogP contribution >= 0.6 is 0 Å². The largest absolute Gasteiger partial charge is 0.493 e. The van der Waals surface area contributed by atoms with E-state index >= 15 is 0 Å². The van der Waals surface area contributed by atoms with Crippen LogP contribution in [0.3, 0.4) is 0 Å². The van der Waals surface area contributed by atoms with E-state index in [9.17, 15) is 4.79 Å². The summed E-state index contributed by atoms with van der Waals surface area (Å²) in [5.41, 5.74) is 5.28. The first kappa shape index (κ1) is 20.0. The third kappa shape index (κ3) is 3.54. The van der Waals surface area contributed by atoms with Crippen molar-refractivity contribution in [2.45, 2.75) is 46.1 Å². The van der Waals surface area contributed by atoms with Crippen molar-refractivity contribution < 1.29 is 14.3 Å². The highest BCUT2D eigenvalue weighted by molar-refractivity contribution is 5.94. The fraction of sp³-hybridized carbons (Fsp3) is 0.333. The summed E-state index contributed by atoms with van der Waals surface area (Å²) in [5, 5.41) is 7.65. The van der Waals surface area contributed by atoms with Crippen molar-refractivity contribution >= 4 is 11.7 Å². The Kier molecular flexibility index (Phi) is 5.24. The monoisotopic (exact) mass is 405 g/mol. The third-order valence-corrected chi connectivity index (χ3v) is 5.58. The van der Waals surface area contributed by atoms with Crippen LogP contribution in [0.2, 0.25) is 0 Å². The van der Waals surface area contributed by atoms with Gasteiger partial charge in [-0.1, -0.05) is 18.2 Å². The van der Waals surface area contributed by atoms with Crippen molar-refractivity contribution in [3.05, 3.63) is 64.8 Å². The molecule has 6 nitrogen and oxygen atoms in total. The molecule has 0 saturated heterocycles. The quantitative estimate of drug-likeness (QED) is 0.665. The molecule has 30 heavy (non-hydrogen) atoms. The molecular weight excluding hydrogens is 378 g/mol. The van der Waals surface area contributed by atoms with E-state index in [2.05, 4.69) is 30.3 Å². The molecular formula is C24H27N3O3. The highest BCUT2D eigenvalue weighted by Gasteiger charge is 2.31. The van der Waals surface area contributed by atoms with E-state index in [1.54, 1.807) is 7.11 Å². The number of fused-ring (bicyclic) bond motifs is 1. The summed E-state index contributed by atoms with van der Waals surface area (Å²) in [7, 11) is 1.63. The van der Waals surface area contributed by atoms with Crippen molar-refractivity contribution in [1.29, 1.82) is 0 Å². The Bertz CT molecular complexity index is 1100. The zero-order valence-corrected chi connectivity index (χ0v) is 18.0. The molecule has 1 atom stereocenters. The molecule has 0 radical (unpaired) electrons. The maximum absolute atomic E-state index is 12.6. The molecule has 4 rings (SSSR count). The highest BCUT2D eigenvalue weighted by atomic mass is 16.5. The Labute approximate surface area is 176 Å². The Hall–Kier alpha value is -3.28. The summed E-state index contributed by atoms with van der Waals surface area (Å²) in [6.07, 6.45) is 2.26. The second-order valence-corrected chi connectivity index (χ2v) is 7.96. The number of carbonyl (C=O) groups is 1.